The van der Waals surface area contributed by atoms with E-state index in [1.807, 2.05) is 42.5 Å². The number of carbonyl (C=O) groups excluding carboxylic acids is 2. The Balaban J connectivity index is 1.51. The van der Waals surface area contributed by atoms with Gasteiger partial charge in [0, 0.05) is 47.0 Å². The van der Waals surface area contributed by atoms with E-state index in [1.165, 1.54) is 0 Å². The molecule has 1 saturated heterocycles. The molecular weight excluding hydrogens is 406 g/mol. The van der Waals surface area contributed by atoms with Crippen LogP contribution in [-0.2, 0) is 4.79 Å². The predicted molar refractivity (Wildman–Crippen MR) is 120 cm³/mol. The average molecular weight is 432 g/mol. The van der Waals surface area contributed by atoms with Crippen LogP contribution in [0.2, 0.25) is 5.02 Å². The lowest BCUT2D eigenvalue weighted by atomic mass is 10.2. The van der Waals surface area contributed by atoms with Gasteiger partial charge in [0.15, 0.2) is 0 Å². The first-order valence-corrected chi connectivity index (χ1v) is 11.0. The van der Waals surface area contributed by atoms with Crippen LogP contribution in [0, 0.1) is 0 Å². The third-order valence-electron chi connectivity index (χ3n) is 4.70. The first-order valence-electron chi connectivity index (χ1n) is 9.76. The highest BCUT2D eigenvalue weighted by atomic mass is 35.5. The molecule has 154 valence electrons. The number of nitrogens with zero attached hydrogens (tertiary/aromatic N) is 2. The maximum atomic E-state index is 12.6. The quantitative estimate of drug-likeness (QED) is 0.704. The Morgan fingerprint density at radius 2 is 1.79 bits per heavy atom. The Hall–Kier alpha value is -2.18. The summed E-state index contributed by atoms with van der Waals surface area (Å²) in [5.41, 5.74) is 1.68. The molecule has 2 aromatic rings. The number of halogens is 1. The van der Waals surface area contributed by atoms with E-state index in [-0.39, 0.29) is 18.4 Å². The number of carbonyl (C=O) groups is 2. The van der Waals surface area contributed by atoms with Crippen molar-refractivity contribution >= 4 is 40.9 Å². The molecule has 7 heteroatoms. The van der Waals surface area contributed by atoms with Crippen molar-refractivity contribution in [3.05, 3.63) is 59.1 Å². The summed E-state index contributed by atoms with van der Waals surface area (Å²) in [5.74, 6) is -0.266. The summed E-state index contributed by atoms with van der Waals surface area (Å²) in [6.07, 6.45) is 0. The second-order valence-electron chi connectivity index (χ2n) is 7.19. The average Bonchev–Trinajstić information content (AvgIpc) is 2.72. The molecule has 1 aliphatic heterocycles. The Bertz CT molecular complexity index is 867. The van der Waals surface area contributed by atoms with Crippen LogP contribution in [0.5, 0.6) is 0 Å². The first kappa shape index (κ1) is 21.5. The zero-order valence-corrected chi connectivity index (χ0v) is 18.3. The van der Waals surface area contributed by atoms with E-state index >= 15 is 0 Å². The second-order valence-corrected chi connectivity index (χ2v) is 9.25. The Kier molecular flexibility index (Phi) is 7.45. The number of nitrogens with one attached hydrogen (secondary N) is 1. The van der Waals surface area contributed by atoms with E-state index in [2.05, 4.69) is 24.1 Å². The summed E-state index contributed by atoms with van der Waals surface area (Å²) >= 11 is 7.71. The van der Waals surface area contributed by atoms with Crippen molar-refractivity contribution in [1.29, 1.82) is 0 Å². The SMILES string of the molecule is CC(C)Sc1ccccc1C(=O)NCC(=O)N1CCN(c2cccc(Cl)c2)CC1. The Morgan fingerprint density at radius 1 is 1.07 bits per heavy atom. The standard InChI is InChI=1S/C22H26ClN3O2S/c1-16(2)29-20-9-4-3-8-19(20)22(28)24-15-21(27)26-12-10-25(11-13-26)18-7-5-6-17(23)14-18/h3-9,14,16H,10-13,15H2,1-2H3,(H,24,28). The van der Waals surface area contributed by atoms with Gasteiger partial charge in [-0.1, -0.05) is 43.6 Å². The van der Waals surface area contributed by atoms with Gasteiger partial charge in [-0.25, -0.2) is 0 Å². The predicted octanol–water partition coefficient (Wildman–Crippen LogP) is 3.92. The fourth-order valence-electron chi connectivity index (χ4n) is 3.26. The number of rotatable bonds is 6. The van der Waals surface area contributed by atoms with E-state index in [0.717, 1.165) is 23.7 Å². The summed E-state index contributed by atoms with van der Waals surface area (Å²) in [5, 5.41) is 3.87. The summed E-state index contributed by atoms with van der Waals surface area (Å²) < 4.78 is 0. The minimum absolute atomic E-state index is 0.0106. The summed E-state index contributed by atoms with van der Waals surface area (Å²) in [4.78, 5) is 30.1. The molecule has 0 atom stereocenters. The summed E-state index contributed by atoms with van der Waals surface area (Å²) in [7, 11) is 0. The van der Waals surface area contributed by atoms with Crippen LogP contribution in [0.1, 0.15) is 24.2 Å². The number of hydrogen-bond acceptors (Lipinski definition) is 4. The van der Waals surface area contributed by atoms with Crippen LogP contribution >= 0.6 is 23.4 Å². The maximum Gasteiger partial charge on any atom is 0.252 e. The van der Waals surface area contributed by atoms with Gasteiger partial charge >= 0.3 is 0 Å². The zero-order chi connectivity index (χ0) is 20.8. The minimum atomic E-state index is -0.209. The normalized spacial score (nSPS) is 14.2. The minimum Gasteiger partial charge on any atom is -0.368 e. The van der Waals surface area contributed by atoms with Gasteiger partial charge in [0.1, 0.15) is 0 Å². The fraction of sp³-hybridized carbons (Fsp3) is 0.364. The molecule has 0 aliphatic carbocycles. The molecule has 2 amide bonds. The van der Waals surface area contributed by atoms with Gasteiger partial charge < -0.3 is 15.1 Å². The summed E-state index contributed by atoms with van der Waals surface area (Å²) in [6.45, 7) is 6.93. The van der Waals surface area contributed by atoms with Crippen molar-refractivity contribution in [3.8, 4) is 0 Å². The van der Waals surface area contributed by atoms with E-state index in [4.69, 9.17) is 11.6 Å². The van der Waals surface area contributed by atoms with E-state index in [1.54, 1.807) is 22.7 Å². The zero-order valence-electron chi connectivity index (χ0n) is 16.7. The number of hydrogen-bond donors (Lipinski definition) is 1. The molecule has 0 radical (unpaired) electrons. The van der Waals surface area contributed by atoms with Gasteiger partial charge in [-0.05, 0) is 30.3 Å². The first-order chi connectivity index (χ1) is 13.9. The largest absolute Gasteiger partial charge is 0.368 e. The lowest BCUT2D eigenvalue weighted by molar-refractivity contribution is -0.130. The van der Waals surface area contributed by atoms with Gasteiger partial charge in [-0.3, -0.25) is 9.59 Å². The van der Waals surface area contributed by atoms with Crippen LogP contribution in [0.4, 0.5) is 5.69 Å². The van der Waals surface area contributed by atoms with Crippen molar-refractivity contribution in [2.75, 3.05) is 37.6 Å². The van der Waals surface area contributed by atoms with Crippen LogP contribution in [0.25, 0.3) is 0 Å². The number of anilines is 1. The van der Waals surface area contributed by atoms with E-state index in [0.29, 0.717) is 28.9 Å². The fourth-order valence-corrected chi connectivity index (χ4v) is 4.40. The molecule has 0 unspecified atom stereocenters. The van der Waals surface area contributed by atoms with Crippen molar-refractivity contribution in [2.24, 2.45) is 0 Å². The number of thioether (sulfide) groups is 1. The molecule has 2 aromatic carbocycles. The topological polar surface area (TPSA) is 52.7 Å². The van der Waals surface area contributed by atoms with E-state index < -0.39 is 0 Å². The maximum absolute atomic E-state index is 12.6. The molecule has 1 heterocycles. The van der Waals surface area contributed by atoms with E-state index in [9.17, 15) is 9.59 Å². The van der Waals surface area contributed by atoms with Crippen molar-refractivity contribution < 1.29 is 9.59 Å². The third kappa shape index (κ3) is 5.90. The molecular formula is C22H26ClN3O2S. The molecule has 0 aromatic heterocycles. The highest BCUT2D eigenvalue weighted by Crippen LogP contribution is 2.26. The van der Waals surface area contributed by atoms with Crippen molar-refractivity contribution in [3.63, 3.8) is 0 Å². The van der Waals surface area contributed by atoms with Crippen molar-refractivity contribution in [1.82, 2.24) is 10.2 Å². The van der Waals surface area contributed by atoms with Gasteiger partial charge in [0.25, 0.3) is 5.91 Å². The number of amides is 2. The highest BCUT2D eigenvalue weighted by Gasteiger charge is 2.22. The molecule has 0 bridgehead atoms. The van der Waals surface area contributed by atoms with Crippen LogP contribution in [0.15, 0.2) is 53.4 Å². The van der Waals surface area contributed by atoms with Crippen molar-refractivity contribution in [2.45, 2.75) is 24.0 Å². The molecule has 0 spiro atoms. The Labute approximate surface area is 181 Å². The number of piperazine rings is 1. The Morgan fingerprint density at radius 3 is 2.48 bits per heavy atom. The van der Waals surface area contributed by atoms with Crippen LogP contribution in [-0.4, -0.2) is 54.7 Å². The smallest absolute Gasteiger partial charge is 0.252 e. The van der Waals surface area contributed by atoms with Gasteiger partial charge in [0.2, 0.25) is 5.91 Å². The molecule has 1 N–H and O–H groups in total. The van der Waals surface area contributed by atoms with Gasteiger partial charge in [-0.2, -0.15) is 0 Å². The molecule has 29 heavy (non-hydrogen) atoms. The molecule has 1 aliphatic rings. The molecule has 0 saturated carbocycles. The lowest BCUT2D eigenvalue weighted by Gasteiger charge is -2.36. The van der Waals surface area contributed by atoms with Gasteiger partial charge in [0.05, 0.1) is 12.1 Å². The third-order valence-corrected chi connectivity index (χ3v) is 6.02. The molecule has 1 fully saturated rings. The summed E-state index contributed by atoms with van der Waals surface area (Å²) in [6, 6.07) is 15.3. The lowest BCUT2D eigenvalue weighted by Crippen LogP contribution is -2.51. The van der Waals surface area contributed by atoms with Gasteiger partial charge in [-0.15, -0.1) is 11.8 Å². The monoisotopic (exact) mass is 431 g/mol. The van der Waals surface area contributed by atoms with Crippen LogP contribution in [0.3, 0.4) is 0 Å². The molecule has 3 rings (SSSR count). The molecule has 5 nitrogen and oxygen atoms in total. The van der Waals surface area contributed by atoms with Crippen LogP contribution < -0.4 is 10.2 Å². The second kappa shape index (κ2) is 10.0. The highest BCUT2D eigenvalue weighted by molar-refractivity contribution is 8.00. The number of benzene rings is 2.